The van der Waals surface area contributed by atoms with Crippen LogP contribution in [-0.4, -0.2) is 40.2 Å². The van der Waals surface area contributed by atoms with Crippen molar-refractivity contribution < 1.29 is 23.1 Å². The summed E-state index contributed by atoms with van der Waals surface area (Å²) in [4.78, 5) is 15.1. The molecule has 4 nitrogen and oxygen atoms in total. The van der Waals surface area contributed by atoms with Crippen LogP contribution in [0, 0.1) is 5.92 Å². The summed E-state index contributed by atoms with van der Waals surface area (Å²) in [6, 6.07) is 16.2. The van der Waals surface area contributed by atoms with E-state index < -0.39 is 23.9 Å². The molecule has 0 radical (unpaired) electrons. The molecule has 1 fully saturated rings. The topological polar surface area (TPSA) is 45.5 Å². The molecule has 0 saturated heterocycles. The molecule has 2 aromatic carbocycles. The Morgan fingerprint density at radius 1 is 1.12 bits per heavy atom. The van der Waals surface area contributed by atoms with Crippen molar-refractivity contribution in [1.82, 2.24) is 9.47 Å². The van der Waals surface area contributed by atoms with Gasteiger partial charge in [0, 0.05) is 36.6 Å². The third-order valence-corrected chi connectivity index (χ3v) is 6.65. The molecule has 1 aliphatic rings. The van der Waals surface area contributed by atoms with Gasteiger partial charge in [0.05, 0.1) is 6.10 Å². The van der Waals surface area contributed by atoms with Crippen molar-refractivity contribution >= 4 is 17.5 Å². The number of carbonyl (C=O) groups excluding carboxylic acids is 1. The highest BCUT2D eigenvalue weighted by Gasteiger charge is 2.39. The zero-order valence-corrected chi connectivity index (χ0v) is 19.5. The lowest BCUT2D eigenvalue weighted by Crippen LogP contribution is -2.36. The Morgan fingerprint density at radius 2 is 1.79 bits per heavy atom. The van der Waals surface area contributed by atoms with Crippen LogP contribution in [-0.2, 0) is 12.7 Å². The molecule has 1 unspecified atom stereocenters. The average molecular weight is 491 g/mol. The van der Waals surface area contributed by atoms with E-state index in [1.165, 1.54) is 4.90 Å². The number of aliphatic hydroxyl groups is 1. The first-order valence-corrected chi connectivity index (χ1v) is 11.6. The summed E-state index contributed by atoms with van der Waals surface area (Å²) >= 11 is 5.99. The van der Waals surface area contributed by atoms with Gasteiger partial charge in [-0.1, -0.05) is 60.5 Å². The fraction of sp³-hybridized carbons (Fsp3) is 0.346. The van der Waals surface area contributed by atoms with Gasteiger partial charge in [-0.3, -0.25) is 4.79 Å². The second kappa shape index (κ2) is 9.84. The monoisotopic (exact) mass is 490 g/mol. The molecule has 3 aromatic rings. The standard InChI is InChI=1S/C26H26ClF3N2O2/c1-31(16-19-8-5-9-22(19)33)25(34)24-21(18-10-12-20(27)13-11-18)14-23(26(28,29)30)32(24)15-17-6-3-2-4-7-17/h2-4,6-7,10-14,19,22,33H,5,8-9,15-16H2,1H3/t19?,22-/m0/s1. The van der Waals surface area contributed by atoms with E-state index in [4.69, 9.17) is 11.6 Å². The molecule has 4 rings (SSSR count). The Hall–Kier alpha value is -2.77. The van der Waals surface area contributed by atoms with Gasteiger partial charge in [-0.25, -0.2) is 0 Å². The van der Waals surface area contributed by atoms with Crippen molar-refractivity contribution in [3.63, 3.8) is 0 Å². The summed E-state index contributed by atoms with van der Waals surface area (Å²) in [5.74, 6) is -0.608. The summed E-state index contributed by atoms with van der Waals surface area (Å²) in [6.07, 6.45) is -2.85. The number of hydrogen-bond acceptors (Lipinski definition) is 2. The molecule has 1 saturated carbocycles. The molecule has 1 aliphatic carbocycles. The first kappa shape index (κ1) is 24.4. The van der Waals surface area contributed by atoms with E-state index in [1.54, 1.807) is 61.6 Å². The van der Waals surface area contributed by atoms with Crippen LogP contribution in [0.5, 0.6) is 0 Å². The lowest BCUT2D eigenvalue weighted by atomic mass is 10.0. The molecule has 1 N–H and O–H groups in total. The van der Waals surface area contributed by atoms with E-state index in [1.807, 2.05) is 0 Å². The number of halogens is 4. The molecular weight excluding hydrogens is 465 g/mol. The Morgan fingerprint density at radius 3 is 2.38 bits per heavy atom. The van der Waals surface area contributed by atoms with Gasteiger partial charge in [-0.15, -0.1) is 0 Å². The number of nitrogens with zero attached hydrogens (tertiary/aromatic N) is 2. The summed E-state index contributed by atoms with van der Waals surface area (Å²) in [7, 11) is 1.58. The summed E-state index contributed by atoms with van der Waals surface area (Å²) in [6.45, 7) is 0.169. The van der Waals surface area contributed by atoms with Crippen LogP contribution in [0.4, 0.5) is 13.2 Å². The van der Waals surface area contributed by atoms with Crippen molar-refractivity contribution in [2.45, 2.75) is 38.1 Å². The average Bonchev–Trinajstić information content (AvgIpc) is 3.38. The predicted molar refractivity (Wildman–Crippen MR) is 126 cm³/mol. The minimum absolute atomic E-state index is 0.0338. The number of hydrogen-bond donors (Lipinski definition) is 1. The van der Waals surface area contributed by atoms with E-state index in [0.717, 1.165) is 23.5 Å². The van der Waals surface area contributed by atoms with Gasteiger partial charge < -0.3 is 14.6 Å². The van der Waals surface area contributed by atoms with Gasteiger partial charge in [-0.2, -0.15) is 13.2 Å². The first-order valence-electron chi connectivity index (χ1n) is 11.2. The van der Waals surface area contributed by atoms with Crippen LogP contribution < -0.4 is 0 Å². The van der Waals surface area contributed by atoms with Gasteiger partial charge in [0.2, 0.25) is 0 Å². The number of alkyl halides is 3. The van der Waals surface area contributed by atoms with E-state index >= 15 is 0 Å². The molecular formula is C26H26ClF3N2O2. The SMILES string of the molecule is CN(CC1CCC[C@@H]1O)C(=O)c1c(-c2ccc(Cl)cc2)cc(C(F)(F)F)n1Cc1ccccc1. The van der Waals surface area contributed by atoms with Crippen molar-refractivity contribution in [3.05, 3.63) is 82.6 Å². The van der Waals surface area contributed by atoms with E-state index in [2.05, 4.69) is 0 Å². The Labute approximate surface area is 201 Å². The van der Waals surface area contributed by atoms with Crippen molar-refractivity contribution in [2.24, 2.45) is 5.92 Å². The smallest absolute Gasteiger partial charge is 0.393 e. The van der Waals surface area contributed by atoms with Crippen LogP contribution in [0.1, 0.15) is 41.0 Å². The van der Waals surface area contributed by atoms with Crippen LogP contribution >= 0.6 is 11.6 Å². The zero-order valence-electron chi connectivity index (χ0n) is 18.7. The number of benzene rings is 2. The van der Waals surface area contributed by atoms with Crippen LogP contribution in [0.15, 0.2) is 60.7 Å². The summed E-state index contributed by atoms with van der Waals surface area (Å²) in [5, 5.41) is 10.7. The fourth-order valence-electron chi connectivity index (χ4n) is 4.64. The number of rotatable bonds is 6. The number of carbonyl (C=O) groups is 1. The van der Waals surface area contributed by atoms with Gasteiger partial charge in [0.1, 0.15) is 11.4 Å². The molecule has 1 amide bonds. The highest BCUT2D eigenvalue weighted by atomic mass is 35.5. The summed E-state index contributed by atoms with van der Waals surface area (Å²) in [5.41, 5.74) is 0.393. The zero-order chi connectivity index (χ0) is 24.5. The minimum Gasteiger partial charge on any atom is -0.393 e. The number of aliphatic hydroxyl groups excluding tert-OH is 1. The Kier molecular flexibility index (Phi) is 7.05. The number of amides is 1. The van der Waals surface area contributed by atoms with Crippen molar-refractivity contribution in [2.75, 3.05) is 13.6 Å². The molecule has 34 heavy (non-hydrogen) atoms. The molecule has 0 spiro atoms. The van der Waals surface area contributed by atoms with Crippen LogP contribution in [0.2, 0.25) is 5.02 Å². The Bertz CT molecular complexity index is 1140. The molecule has 1 aromatic heterocycles. The lowest BCUT2D eigenvalue weighted by molar-refractivity contribution is -0.143. The quantitative estimate of drug-likeness (QED) is 0.453. The molecule has 1 heterocycles. The predicted octanol–water partition coefficient (Wildman–Crippen LogP) is 6.11. The third kappa shape index (κ3) is 5.15. The largest absolute Gasteiger partial charge is 0.431 e. The Balaban J connectivity index is 1.84. The second-order valence-electron chi connectivity index (χ2n) is 8.81. The molecule has 2 atom stereocenters. The fourth-order valence-corrected chi connectivity index (χ4v) is 4.77. The van der Waals surface area contributed by atoms with Crippen molar-refractivity contribution in [1.29, 1.82) is 0 Å². The van der Waals surface area contributed by atoms with E-state index in [9.17, 15) is 23.1 Å². The van der Waals surface area contributed by atoms with E-state index in [-0.39, 0.29) is 30.3 Å². The third-order valence-electron chi connectivity index (χ3n) is 6.40. The summed E-state index contributed by atoms with van der Waals surface area (Å²) < 4.78 is 43.6. The highest BCUT2D eigenvalue weighted by molar-refractivity contribution is 6.30. The van der Waals surface area contributed by atoms with Gasteiger partial charge in [0.25, 0.3) is 5.91 Å². The first-order chi connectivity index (χ1) is 16.1. The highest BCUT2D eigenvalue weighted by Crippen LogP contribution is 2.38. The van der Waals surface area contributed by atoms with E-state index in [0.29, 0.717) is 22.6 Å². The molecule has 180 valence electrons. The molecule has 0 bridgehead atoms. The second-order valence-corrected chi connectivity index (χ2v) is 9.25. The van der Waals surface area contributed by atoms with Gasteiger partial charge in [0.15, 0.2) is 0 Å². The maximum Gasteiger partial charge on any atom is 0.431 e. The van der Waals surface area contributed by atoms with Crippen molar-refractivity contribution in [3.8, 4) is 11.1 Å². The molecule has 0 aliphatic heterocycles. The van der Waals surface area contributed by atoms with Crippen LogP contribution in [0.25, 0.3) is 11.1 Å². The minimum atomic E-state index is -4.66. The van der Waals surface area contributed by atoms with Crippen LogP contribution in [0.3, 0.4) is 0 Å². The van der Waals surface area contributed by atoms with Gasteiger partial charge >= 0.3 is 6.18 Å². The van der Waals surface area contributed by atoms with Gasteiger partial charge in [-0.05, 0) is 42.2 Å². The normalized spacial score (nSPS) is 18.3. The maximum absolute atomic E-state index is 14.2. The lowest BCUT2D eigenvalue weighted by Gasteiger charge is -2.25. The number of aromatic nitrogens is 1. The maximum atomic E-state index is 14.2. The molecule has 8 heteroatoms.